The lowest BCUT2D eigenvalue weighted by Gasteiger charge is -1.97. The third-order valence-corrected chi connectivity index (χ3v) is 3.05. The number of rotatable bonds is 1. The molecule has 0 bridgehead atoms. The maximum Gasteiger partial charge on any atom is 0.138 e. The van der Waals surface area contributed by atoms with E-state index in [0.29, 0.717) is 0 Å². The van der Waals surface area contributed by atoms with Crippen molar-refractivity contribution in [3.05, 3.63) is 47.8 Å². The molecule has 0 unspecified atom stereocenters. The Balaban J connectivity index is 2.21. The van der Waals surface area contributed by atoms with Gasteiger partial charge in [-0.15, -0.1) is 0 Å². The van der Waals surface area contributed by atoms with Crippen molar-refractivity contribution in [2.24, 2.45) is 0 Å². The zero-order chi connectivity index (χ0) is 11.8. The molecule has 2 heterocycles. The fourth-order valence-electron chi connectivity index (χ4n) is 1.92. The van der Waals surface area contributed by atoms with E-state index in [2.05, 4.69) is 40.9 Å². The van der Waals surface area contributed by atoms with Gasteiger partial charge in [-0.25, -0.2) is 4.98 Å². The van der Waals surface area contributed by atoms with Crippen LogP contribution in [-0.2, 0) is 0 Å². The van der Waals surface area contributed by atoms with E-state index in [1.807, 2.05) is 12.1 Å². The minimum absolute atomic E-state index is 0.896. The highest BCUT2D eigenvalue weighted by Gasteiger charge is 2.06. The second-order valence-corrected chi connectivity index (χ2v) is 4.27. The van der Waals surface area contributed by atoms with Crippen LogP contribution in [0.15, 0.2) is 36.7 Å². The number of nitrogens with one attached hydrogen (secondary N) is 1. The van der Waals surface area contributed by atoms with Gasteiger partial charge >= 0.3 is 0 Å². The van der Waals surface area contributed by atoms with Gasteiger partial charge in [0.05, 0.1) is 11.0 Å². The maximum absolute atomic E-state index is 4.60. The molecule has 2 aromatic heterocycles. The summed E-state index contributed by atoms with van der Waals surface area (Å²) < 4.78 is 0. The van der Waals surface area contributed by atoms with E-state index in [9.17, 15) is 0 Å². The Kier molecular flexibility index (Phi) is 2.18. The zero-order valence-corrected chi connectivity index (χ0v) is 9.86. The van der Waals surface area contributed by atoms with Gasteiger partial charge in [0.2, 0.25) is 0 Å². The number of pyridine rings is 1. The summed E-state index contributed by atoms with van der Waals surface area (Å²) in [6, 6.07) is 8.17. The van der Waals surface area contributed by atoms with Crippen molar-refractivity contribution in [2.75, 3.05) is 0 Å². The summed E-state index contributed by atoms with van der Waals surface area (Å²) in [6.07, 6.45) is 3.55. The molecule has 84 valence electrons. The van der Waals surface area contributed by atoms with Crippen LogP contribution in [0.25, 0.3) is 22.4 Å². The largest absolute Gasteiger partial charge is 0.338 e. The number of aromatic nitrogens is 3. The number of imidazole rings is 1. The molecule has 0 amide bonds. The Morgan fingerprint density at radius 3 is 2.47 bits per heavy atom. The van der Waals surface area contributed by atoms with Crippen LogP contribution in [0.4, 0.5) is 0 Å². The first-order chi connectivity index (χ1) is 8.24. The van der Waals surface area contributed by atoms with Crippen molar-refractivity contribution < 1.29 is 0 Å². The number of fused-ring (bicyclic) bond motifs is 1. The molecule has 3 rings (SSSR count). The Bertz CT molecular complexity index is 630. The van der Waals surface area contributed by atoms with E-state index in [0.717, 1.165) is 22.4 Å². The summed E-state index contributed by atoms with van der Waals surface area (Å²) in [5.41, 5.74) is 5.71. The number of hydrogen-bond acceptors (Lipinski definition) is 2. The molecule has 3 nitrogen and oxygen atoms in total. The highest BCUT2D eigenvalue weighted by atomic mass is 14.9. The normalized spacial score (nSPS) is 10.9. The van der Waals surface area contributed by atoms with E-state index in [4.69, 9.17) is 0 Å². The molecular weight excluding hydrogens is 210 g/mol. The van der Waals surface area contributed by atoms with Crippen LogP contribution >= 0.6 is 0 Å². The first kappa shape index (κ1) is 10.0. The van der Waals surface area contributed by atoms with Gasteiger partial charge in [-0.2, -0.15) is 0 Å². The van der Waals surface area contributed by atoms with Crippen molar-refractivity contribution in [3.8, 4) is 11.4 Å². The number of benzene rings is 1. The van der Waals surface area contributed by atoms with Gasteiger partial charge in [-0.05, 0) is 49.2 Å². The molecule has 0 aliphatic rings. The standard InChI is InChI=1S/C14H13N3/c1-9-7-12-13(8-10(9)2)17-14(16-12)11-3-5-15-6-4-11/h3-8H,1-2H3,(H,16,17). The first-order valence-electron chi connectivity index (χ1n) is 5.61. The van der Waals surface area contributed by atoms with Gasteiger partial charge < -0.3 is 4.98 Å². The predicted octanol–water partition coefficient (Wildman–Crippen LogP) is 3.24. The molecule has 1 aromatic carbocycles. The van der Waals surface area contributed by atoms with Crippen molar-refractivity contribution in [1.29, 1.82) is 0 Å². The fourth-order valence-corrected chi connectivity index (χ4v) is 1.92. The number of H-pyrrole nitrogens is 1. The van der Waals surface area contributed by atoms with Gasteiger partial charge in [0.25, 0.3) is 0 Å². The Morgan fingerprint density at radius 1 is 1.00 bits per heavy atom. The molecule has 0 spiro atoms. The molecule has 17 heavy (non-hydrogen) atoms. The SMILES string of the molecule is Cc1cc2nc(-c3ccncc3)[nH]c2cc1C. The number of nitrogens with zero attached hydrogens (tertiary/aromatic N) is 2. The molecule has 0 aliphatic carbocycles. The van der Waals surface area contributed by atoms with E-state index >= 15 is 0 Å². The highest BCUT2D eigenvalue weighted by molar-refractivity contribution is 5.80. The fraction of sp³-hybridized carbons (Fsp3) is 0.143. The van der Waals surface area contributed by atoms with Crippen LogP contribution in [0.2, 0.25) is 0 Å². The summed E-state index contributed by atoms with van der Waals surface area (Å²) in [4.78, 5) is 12.0. The Morgan fingerprint density at radius 2 is 1.71 bits per heavy atom. The average molecular weight is 223 g/mol. The molecule has 0 saturated carbocycles. The van der Waals surface area contributed by atoms with Gasteiger partial charge in [-0.1, -0.05) is 0 Å². The minimum Gasteiger partial charge on any atom is -0.338 e. The lowest BCUT2D eigenvalue weighted by Crippen LogP contribution is -1.79. The molecule has 1 N–H and O–H groups in total. The van der Waals surface area contributed by atoms with Crippen molar-refractivity contribution in [1.82, 2.24) is 15.0 Å². The molecule has 0 saturated heterocycles. The van der Waals surface area contributed by atoms with Crippen molar-refractivity contribution >= 4 is 11.0 Å². The van der Waals surface area contributed by atoms with Gasteiger partial charge in [0, 0.05) is 18.0 Å². The number of aromatic amines is 1. The summed E-state index contributed by atoms with van der Waals surface area (Å²) in [6.45, 7) is 4.22. The zero-order valence-electron chi connectivity index (χ0n) is 9.86. The summed E-state index contributed by atoms with van der Waals surface area (Å²) in [5, 5.41) is 0. The van der Waals surface area contributed by atoms with Gasteiger partial charge in [0.15, 0.2) is 0 Å². The highest BCUT2D eigenvalue weighted by Crippen LogP contribution is 2.22. The molecule has 0 fully saturated rings. The Hall–Kier alpha value is -2.16. The molecular formula is C14H13N3. The quantitative estimate of drug-likeness (QED) is 0.688. The molecule has 0 aliphatic heterocycles. The summed E-state index contributed by atoms with van der Waals surface area (Å²) in [7, 11) is 0. The van der Waals surface area contributed by atoms with Crippen LogP contribution < -0.4 is 0 Å². The molecule has 0 radical (unpaired) electrons. The van der Waals surface area contributed by atoms with Crippen LogP contribution in [0, 0.1) is 13.8 Å². The van der Waals surface area contributed by atoms with Gasteiger partial charge in [-0.3, -0.25) is 4.98 Å². The monoisotopic (exact) mass is 223 g/mol. The lowest BCUT2D eigenvalue weighted by atomic mass is 10.1. The summed E-state index contributed by atoms with van der Waals surface area (Å²) in [5.74, 6) is 0.896. The topological polar surface area (TPSA) is 41.6 Å². The number of aryl methyl sites for hydroxylation is 2. The van der Waals surface area contributed by atoms with Crippen LogP contribution in [0.5, 0.6) is 0 Å². The van der Waals surface area contributed by atoms with Crippen molar-refractivity contribution in [3.63, 3.8) is 0 Å². The molecule has 3 aromatic rings. The van der Waals surface area contributed by atoms with Gasteiger partial charge in [0.1, 0.15) is 5.82 Å². The molecule has 0 atom stereocenters. The predicted molar refractivity (Wildman–Crippen MR) is 68.8 cm³/mol. The van der Waals surface area contributed by atoms with Crippen LogP contribution in [0.3, 0.4) is 0 Å². The minimum atomic E-state index is 0.896. The molecule has 3 heteroatoms. The Labute approximate surface area is 99.5 Å². The first-order valence-corrected chi connectivity index (χ1v) is 5.61. The van der Waals surface area contributed by atoms with Crippen LogP contribution in [-0.4, -0.2) is 15.0 Å². The third-order valence-electron chi connectivity index (χ3n) is 3.05. The second-order valence-electron chi connectivity index (χ2n) is 4.27. The van der Waals surface area contributed by atoms with E-state index in [1.165, 1.54) is 11.1 Å². The maximum atomic E-state index is 4.60. The van der Waals surface area contributed by atoms with E-state index in [1.54, 1.807) is 12.4 Å². The average Bonchev–Trinajstić information content (AvgIpc) is 2.74. The third kappa shape index (κ3) is 1.69. The van der Waals surface area contributed by atoms with E-state index in [-0.39, 0.29) is 0 Å². The smallest absolute Gasteiger partial charge is 0.138 e. The summed E-state index contributed by atoms with van der Waals surface area (Å²) >= 11 is 0. The van der Waals surface area contributed by atoms with E-state index < -0.39 is 0 Å². The van der Waals surface area contributed by atoms with Crippen LogP contribution in [0.1, 0.15) is 11.1 Å². The van der Waals surface area contributed by atoms with Crippen molar-refractivity contribution in [2.45, 2.75) is 13.8 Å². The second kappa shape index (κ2) is 3.70. The lowest BCUT2D eigenvalue weighted by molar-refractivity contribution is 1.28. The number of hydrogen-bond donors (Lipinski definition) is 1.